The number of aryl methyl sites for hydroxylation is 1. The Kier molecular flexibility index (Phi) is 6.46. The third kappa shape index (κ3) is 4.95. The molecular formula is C27H25N3O2. The summed E-state index contributed by atoms with van der Waals surface area (Å²) in [4.78, 5) is 13.5. The van der Waals surface area contributed by atoms with E-state index in [0.717, 1.165) is 33.9 Å². The maximum Gasteiger partial charge on any atom is 0.328 e. The van der Waals surface area contributed by atoms with Gasteiger partial charge in [0, 0.05) is 24.7 Å². The van der Waals surface area contributed by atoms with Crippen LogP contribution in [-0.2, 0) is 17.9 Å². The molecule has 0 aliphatic carbocycles. The molecule has 1 heterocycles. The monoisotopic (exact) mass is 423 g/mol. The standard InChI is InChI=1S/C27H25N3O2/c1-21-25(17-18-26(31)32)27(30(28-21)24-15-9-4-10-16-24)29(19-22-11-5-2-6-12-22)20-23-13-7-3-8-14-23/h2-18H,19-20H2,1H3,(H,31,32)/b18-17+. The highest BCUT2D eigenvalue weighted by Crippen LogP contribution is 2.31. The molecule has 0 unspecified atom stereocenters. The molecule has 3 aromatic carbocycles. The van der Waals surface area contributed by atoms with Crippen LogP contribution in [0.15, 0.2) is 97.1 Å². The zero-order valence-corrected chi connectivity index (χ0v) is 17.9. The highest BCUT2D eigenvalue weighted by Gasteiger charge is 2.21. The number of anilines is 1. The lowest BCUT2D eigenvalue weighted by molar-refractivity contribution is -0.131. The van der Waals surface area contributed by atoms with Gasteiger partial charge in [-0.3, -0.25) is 0 Å². The lowest BCUT2D eigenvalue weighted by Crippen LogP contribution is -2.25. The Hall–Kier alpha value is -4.12. The van der Waals surface area contributed by atoms with Crippen LogP contribution in [0.1, 0.15) is 22.4 Å². The van der Waals surface area contributed by atoms with E-state index in [2.05, 4.69) is 29.2 Å². The van der Waals surface area contributed by atoms with Gasteiger partial charge in [-0.1, -0.05) is 78.9 Å². The molecule has 0 bridgehead atoms. The van der Waals surface area contributed by atoms with Crippen LogP contribution in [0.3, 0.4) is 0 Å². The fourth-order valence-corrected chi connectivity index (χ4v) is 3.74. The number of benzene rings is 3. The lowest BCUT2D eigenvalue weighted by atomic mass is 10.1. The molecule has 1 N–H and O–H groups in total. The third-order valence-corrected chi connectivity index (χ3v) is 5.21. The van der Waals surface area contributed by atoms with Gasteiger partial charge in [-0.2, -0.15) is 5.10 Å². The van der Waals surface area contributed by atoms with Crippen molar-refractivity contribution >= 4 is 17.9 Å². The molecule has 32 heavy (non-hydrogen) atoms. The highest BCUT2D eigenvalue weighted by atomic mass is 16.4. The fourth-order valence-electron chi connectivity index (χ4n) is 3.74. The molecule has 0 aliphatic rings. The fraction of sp³-hybridized carbons (Fsp3) is 0.111. The second-order valence-corrected chi connectivity index (χ2v) is 7.57. The topological polar surface area (TPSA) is 58.4 Å². The van der Waals surface area contributed by atoms with Crippen LogP contribution < -0.4 is 4.90 Å². The van der Waals surface area contributed by atoms with Crippen LogP contribution in [-0.4, -0.2) is 20.9 Å². The number of rotatable bonds is 8. The summed E-state index contributed by atoms with van der Waals surface area (Å²) in [6.45, 7) is 3.22. The van der Waals surface area contributed by atoms with E-state index in [0.29, 0.717) is 13.1 Å². The van der Waals surface area contributed by atoms with Gasteiger partial charge in [-0.25, -0.2) is 9.48 Å². The molecule has 0 saturated heterocycles. The molecule has 0 amide bonds. The van der Waals surface area contributed by atoms with Crippen LogP contribution >= 0.6 is 0 Å². The third-order valence-electron chi connectivity index (χ3n) is 5.21. The van der Waals surface area contributed by atoms with Gasteiger partial charge < -0.3 is 10.0 Å². The Labute approximate surface area is 187 Å². The number of carbonyl (C=O) groups is 1. The molecule has 0 aliphatic heterocycles. The molecule has 0 spiro atoms. The summed E-state index contributed by atoms with van der Waals surface area (Å²) in [6, 6.07) is 30.4. The molecule has 0 saturated carbocycles. The molecule has 0 radical (unpaired) electrons. The van der Waals surface area contributed by atoms with Gasteiger partial charge in [-0.15, -0.1) is 0 Å². The molecule has 5 heteroatoms. The summed E-state index contributed by atoms with van der Waals surface area (Å²) >= 11 is 0. The van der Waals surface area contributed by atoms with Crippen LogP contribution in [0.5, 0.6) is 0 Å². The average molecular weight is 424 g/mol. The first-order valence-corrected chi connectivity index (χ1v) is 10.5. The Balaban J connectivity index is 1.88. The minimum atomic E-state index is -0.986. The van der Waals surface area contributed by atoms with Crippen molar-refractivity contribution in [3.8, 4) is 5.69 Å². The summed E-state index contributed by atoms with van der Waals surface area (Å²) in [7, 11) is 0. The van der Waals surface area contributed by atoms with Crippen LogP contribution in [0.2, 0.25) is 0 Å². The van der Waals surface area contributed by atoms with Gasteiger partial charge in [0.05, 0.1) is 11.4 Å². The summed E-state index contributed by atoms with van der Waals surface area (Å²) in [5.74, 6) is -0.126. The van der Waals surface area contributed by atoms with Crippen molar-refractivity contribution in [3.05, 3.63) is 119 Å². The Morgan fingerprint density at radius 1 is 0.875 bits per heavy atom. The summed E-state index contributed by atoms with van der Waals surface area (Å²) in [6.07, 6.45) is 2.81. The normalized spacial score (nSPS) is 11.0. The predicted molar refractivity (Wildman–Crippen MR) is 128 cm³/mol. The number of hydrogen-bond acceptors (Lipinski definition) is 3. The molecule has 0 atom stereocenters. The zero-order chi connectivity index (χ0) is 22.3. The summed E-state index contributed by atoms with van der Waals surface area (Å²) in [5, 5.41) is 14.1. The Bertz CT molecular complexity index is 1160. The SMILES string of the molecule is Cc1nn(-c2ccccc2)c(N(Cc2ccccc2)Cc2ccccc2)c1/C=C/C(=O)O. The number of nitrogens with zero attached hydrogens (tertiary/aromatic N) is 3. The number of hydrogen-bond donors (Lipinski definition) is 1. The molecule has 4 aromatic rings. The van der Waals surface area contributed by atoms with Gasteiger partial charge in [0.1, 0.15) is 5.82 Å². The smallest absolute Gasteiger partial charge is 0.328 e. The average Bonchev–Trinajstić information content (AvgIpc) is 3.15. The first kappa shape index (κ1) is 21.1. The largest absolute Gasteiger partial charge is 0.478 e. The lowest BCUT2D eigenvalue weighted by Gasteiger charge is -2.27. The summed E-state index contributed by atoms with van der Waals surface area (Å²) in [5.41, 5.74) is 4.81. The van der Waals surface area contributed by atoms with Gasteiger partial charge in [0.25, 0.3) is 0 Å². The van der Waals surface area contributed by atoms with E-state index >= 15 is 0 Å². The second-order valence-electron chi connectivity index (χ2n) is 7.57. The first-order chi connectivity index (χ1) is 15.6. The molecular weight excluding hydrogens is 398 g/mol. The van der Waals surface area contributed by atoms with Crippen LogP contribution in [0, 0.1) is 6.92 Å². The van der Waals surface area contributed by atoms with Gasteiger partial charge in [0.15, 0.2) is 0 Å². The zero-order valence-electron chi connectivity index (χ0n) is 17.9. The molecule has 1 aromatic heterocycles. The first-order valence-electron chi connectivity index (χ1n) is 10.5. The Morgan fingerprint density at radius 3 is 1.88 bits per heavy atom. The number of aromatic nitrogens is 2. The number of aliphatic carboxylic acids is 1. The number of carboxylic acid groups (broad SMARTS) is 1. The van der Waals surface area contributed by atoms with Gasteiger partial charge >= 0.3 is 5.97 Å². The van der Waals surface area contributed by atoms with Gasteiger partial charge in [0.2, 0.25) is 0 Å². The van der Waals surface area contributed by atoms with E-state index in [9.17, 15) is 9.90 Å². The van der Waals surface area contributed by atoms with Crippen molar-refractivity contribution in [2.45, 2.75) is 20.0 Å². The molecule has 0 fully saturated rings. The number of carboxylic acids is 1. The van der Waals surface area contributed by atoms with Gasteiger partial charge in [-0.05, 0) is 36.3 Å². The van der Waals surface area contributed by atoms with E-state index in [1.54, 1.807) is 6.08 Å². The van der Waals surface area contributed by atoms with Crippen LogP contribution in [0.25, 0.3) is 11.8 Å². The minimum Gasteiger partial charge on any atom is -0.478 e. The number of para-hydroxylation sites is 1. The van der Waals surface area contributed by atoms with Crippen LogP contribution in [0.4, 0.5) is 5.82 Å². The van der Waals surface area contributed by atoms with Crippen molar-refractivity contribution in [2.75, 3.05) is 4.90 Å². The van der Waals surface area contributed by atoms with E-state index in [-0.39, 0.29) is 0 Å². The highest BCUT2D eigenvalue weighted by molar-refractivity contribution is 5.87. The van der Waals surface area contributed by atoms with E-state index in [4.69, 9.17) is 5.10 Å². The maximum atomic E-state index is 11.3. The van der Waals surface area contributed by atoms with Crippen molar-refractivity contribution in [2.24, 2.45) is 0 Å². The molecule has 4 rings (SSSR count). The quantitative estimate of drug-likeness (QED) is 0.381. The van der Waals surface area contributed by atoms with Crippen molar-refractivity contribution in [1.82, 2.24) is 9.78 Å². The predicted octanol–water partition coefficient (Wildman–Crippen LogP) is 5.49. The minimum absolute atomic E-state index is 0.654. The second kappa shape index (κ2) is 9.79. The maximum absolute atomic E-state index is 11.3. The van der Waals surface area contributed by atoms with Crippen molar-refractivity contribution in [1.29, 1.82) is 0 Å². The van der Waals surface area contributed by atoms with Crippen molar-refractivity contribution in [3.63, 3.8) is 0 Å². The molecule has 5 nitrogen and oxygen atoms in total. The van der Waals surface area contributed by atoms with E-state index < -0.39 is 5.97 Å². The molecule has 160 valence electrons. The van der Waals surface area contributed by atoms with Crippen molar-refractivity contribution < 1.29 is 9.90 Å². The Morgan fingerprint density at radius 2 is 1.38 bits per heavy atom. The van der Waals surface area contributed by atoms with E-state index in [1.807, 2.05) is 78.3 Å². The summed E-state index contributed by atoms with van der Waals surface area (Å²) < 4.78 is 1.91. The van der Waals surface area contributed by atoms with E-state index in [1.165, 1.54) is 6.08 Å².